The lowest BCUT2D eigenvalue weighted by Gasteiger charge is -2.11. The average Bonchev–Trinajstić information content (AvgIpc) is 2.37. The van der Waals surface area contributed by atoms with Gasteiger partial charge in [-0.15, -0.1) is 11.8 Å². The fourth-order valence-electron chi connectivity index (χ4n) is 1.99. The van der Waals surface area contributed by atoms with Gasteiger partial charge in [-0.1, -0.05) is 30.4 Å². The highest BCUT2D eigenvalue weighted by Crippen LogP contribution is 2.38. The second-order valence-electron chi connectivity index (χ2n) is 3.76. The Balaban J connectivity index is 2.19. The van der Waals surface area contributed by atoms with Crippen LogP contribution in [0.4, 0.5) is 0 Å². The van der Waals surface area contributed by atoms with Crippen molar-refractivity contribution in [3.8, 4) is 0 Å². The molecule has 0 N–H and O–H groups in total. The number of rotatable bonds is 0. The van der Waals surface area contributed by atoms with E-state index >= 15 is 0 Å². The summed E-state index contributed by atoms with van der Waals surface area (Å²) in [7, 11) is 0. The molecule has 1 nitrogen and oxygen atoms in total. The minimum absolute atomic E-state index is 0.199. The van der Waals surface area contributed by atoms with Crippen LogP contribution >= 0.6 is 11.8 Å². The van der Waals surface area contributed by atoms with Gasteiger partial charge >= 0.3 is 0 Å². The fraction of sp³-hybridized carbons (Fsp3) is 0.154. The van der Waals surface area contributed by atoms with E-state index in [0.29, 0.717) is 5.25 Å². The lowest BCUT2D eigenvalue weighted by molar-refractivity contribution is 0.102. The lowest BCUT2D eigenvalue weighted by Crippen LogP contribution is -2.07. The van der Waals surface area contributed by atoms with Gasteiger partial charge in [0, 0.05) is 21.3 Å². The summed E-state index contributed by atoms with van der Waals surface area (Å²) in [5, 5.41) is 0.428. The Morgan fingerprint density at radius 1 is 1.27 bits per heavy atom. The van der Waals surface area contributed by atoms with Crippen molar-refractivity contribution in [2.75, 3.05) is 0 Å². The number of carbonyl (C=O) groups is 1. The van der Waals surface area contributed by atoms with Gasteiger partial charge in [0.05, 0.1) is 0 Å². The Hall–Kier alpha value is -1.28. The molecule has 2 heteroatoms. The van der Waals surface area contributed by atoms with Gasteiger partial charge in [-0.2, -0.15) is 0 Å². The zero-order valence-corrected chi connectivity index (χ0v) is 8.96. The molecule has 0 amide bonds. The van der Waals surface area contributed by atoms with E-state index in [1.54, 1.807) is 11.8 Å². The molecule has 1 unspecified atom stereocenters. The molecule has 0 saturated heterocycles. The highest BCUT2D eigenvalue weighted by atomic mass is 32.2. The molecule has 0 aromatic heterocycles. The van der Waals surface area contributed by atoms with E-state index in [-0.39, 0.29) is 5.78 Å². The van der Waals surface area contributed by atoms with Crippen molar-refractivity contribution in [3.05, 3.63) is 53.6 Å². The molecule has 1 aliphatic carbocycles. The number of benzene rings is 1. The molecule has 15 heavy (non-hydrogen) atoms. The first-order chi connectivity index (χ1) is 7.34. The molecular formula is C13H10OS. The van der Waals surface area contributed by atoms with Gasteiger partial charge in [-0.3, -0.25) is 4.79 Å². The van der Waals surface area contributed by atoms with E-state index in [9.17, 15) is 4.79 Å². The topological polar surface area (TPSA) is 17.1 Å². The van der Waals surface area contributed by atoms with E-state index in [1.165, 1.54) is 0 Å². The summed E-state index contributed by atoms with van der Waals surface area (Å²) in [5.74, 6) is 0.199. The summed E-state index contributed by atoms with van der Waals surface area (Å²) >= 11 is 1.79. The molecule has 1 aliphatic heterocycles. The lowest BCUT2D eigenvalue weighted by atomic mass is 9.96. The van der Waals surface area contributed by atoms with Crippen LogP contribution in [0.2, 0.25) is 0 Å². The SMILES string of the molecule is O=C1C2=CC=CC(C2)Sc2ccccc21. The monoisotopic (exact) mass is 214 g/mol. The number of carbonyl (C=O) groups excluding carboxylic acids is 1. The number of allylic oxidation sites excluding steroid dienone is 3. The van der Waals surface area contributed by atoms with Crippen LogP contribution in [-0.4, -0.2) is 11.0 Å². The number of ketones is 1. The second-order valence-corrected chi connectivity index (χ2v) is 5.04. The van der Waals surface area contributed by atoms with E-state index < -0.39 is 0 Å². The molecule has 0 radical (unpaired) electrons. The first kappa shape index (κ1) is 8.98. The third kappa shape index (κ3) is 1.45. The Labute approximate surface area is 92.9 Å². The molecular weight excluding hydrogens is 204 g/mol. The Kier molecular flexibility index (Phi) is 2.03. The van der Waals surface area contributed by atoms with E-state index in [2.05, 4.69) is 6.08 Å². The van der Waals surface area contributed by atoms with Crippen LogP contribution < -0.4 is 0 Å². The minimum Gasteiger partial charge on any atom is -0.289 e. The number of hydrogen-bond acceptors (Lipinski definition) is 2. The molecule has 2 aliphatic rings. The quantitative estimate of drug-likeness (QED) is 0.659. The van der Waals surface area contributed by atoms with Gasteiger partial charge < -0.3 is 0 Å². The summed E-state index contributed by atoms with van der Waals surface area (Å²) in [6.07, 6.45) is 6.99. The van der Waals surface area contributed by atoms with E-state index in [4.69, 9.17) is 0 Å². The van der Waals surface area contributed by atoms with E-state index in [1.807, 2.05) is 36.4 Å². The third-order valence-electron chi connectivity index (χ3n) is 2.75. The van der Waals surface area contributed by atoms with Crippen LogP contribution in [0.3, 0.4) is 0 Å². The van der Waals surface area contributed by atoms with Gasteiger partial charge in [-0.25, -0.2) is 0 Å². The van der Waals surface area contributed by atoms with Gasteiger partial charge in [0.25, 0.3) is 0 Å². The van der Waals surface area contributed by atoms with Crippen molar-refractivity contribution < 1.29 is 4.79 Å². The van der Waals surface area contributed by atoms with Gasteiger partial charge in [0.15, 0.2) is 5.78 Å². The summed E-state index contributed by atoms with van der Waals surface area (Å²) in [4.78, 5) is 13.2. The predicted octanol–water partition coefficient (Wildman–Crippen LogP) is 3.23. The van der Waals surface area contributed by atoms with Crippen LogP contribution in [0.1, 0.15) is 16.8 Å². The Bertz CT molecular complexity index is 485. The van der Waals surface area contributed by atoms with Crippen molar-refractivity contribution >= 4 is 17.5 Å². The van der Waals surface area contributed by atoms with Gasteiger partial charge in [-0.05, 0) is 18.6 Å². The highest BCUT2D eigenvalue weighted by Gasteiger charge is 2.25. The van der Waals surface area contributed by atoms with Crippen LogP contribution in [0.25, 0.3) is 0 Å². The van der Waals surface area contributed by atoms with Crippen molar-refractivity contribution in [3.63, 3.8) is 0 Å². The number of thioether (sulfide) groups is 1. The predicted molar refractivity (Wildman–Crippen MR) is 62.3 cm³/mol. The first-order valence-corrected chi connectivity index (χ1v) is 5.90. The normalized spacial score (nSPS) is 23.1. The van der Waals surface area contributed by atoms with Crippen LogP contribution in [-0.2, 0) is 0 Å². The van der Waals surface area contributed by atoms with Gasteiger partial charge in [0.2, 0.25) is 0 Å². The van der Waals surface area contributed by atoms with Crippen molar-refractivity contribution in [2.24, 2.45) is 0 Å². The van der Waals surface area contributed by atoms with Crippen molar-refractivity contribution in [1.29, 1.82) is 0 Å². The largest absolute Gasteiger partial charge is 0.289 e. The molecule has 74 valence electrons. The summed E-state index contributed by atoms with van der Waals surface area (Å²) in [5.41, 5.74) is 1.81. The minimum atomic E-state index is 0.199. The summed E-state index contributed by atoms with van der Waals surface area (Å²) < 4.78 is 0. The zero-order chi connectivity index (χ0) is 10.3. The van der Waals surface area contributed by atoms with Crippen molar-refractivity contribution in [2.45, 2.75) is 16.6 Å². The summed E-state index contributed by atoms with van der Waals surface area (Å²) in [6, 6.07) is 7.88. The molecule has 1 aromatic carbocycles. The molecule has 0 saturated carbocycles. The fourth-order valence-corrected chi connectivity index (χ4v) is 3.19. The third-order valence-corrected chi connectivity index (χ3v) is 3.98. The maximum absolute atomic E-state index is 12.1. The van der Waals surface area contributed by atoms with Crippen LogP contribution in [0.15, 0.2) is 53.0 Å². The second kappa shape index (κ2) is 3.38. The number of fused-ring (bicyclic) bond motifs is 3. The van der Waals surface area contributed by atoms with Gasteiger partial charge in [0.1, 0.15) is 0 Å². The van der Waals surface area contributed by atoms with E-state index in [0.717, 1.165) is 22.5 Å². The summed E-state index contributed by atoms with van der Waals surface area (Å²) in [6.45, 7) is 0. The smallest absolute Gasteiger partial charge is 0.190 e. The maximum Gasteiger partial charge on any atom is 0.190 e. The highest BCUT2D eigenvalue weighted by molar-refractivity contribution is 8.00. The number of hydrogen-bond donors (Lipinski definition) is 0. The molecule has 0 fully saturated rings. The molecule has 1 aromatic rings. The van der Waals surface area contributed by atoms with Crippen LogP contribution in [0.5, 0.6) is 0 Å². The van der Waals surface area contributed by atoms with Crippen LogP contribution in [0, 0.1) is 0 Å². The Morgan fingerprint density at radius 2 is 2.13 bits per heavy atom. The first-order valence-electron chi connectivity index (χ1n) is 5.02. The molecule has 1 atom stereocenters. The molecule has 0 spiro atoms. The molecule has 2 bridgehead atoms. The molecule has 3 rings (SSSR count). The Morgan fingerprint density at radius 3 is 3.07 bits per heavy atom. The molecule has 1 heterocycles. The number of Topliss-reactive ketones (excluding diaryl/α,β-unsaturated/α-hetero) is 1. The maximum atomic E-state index is 12.1. The average molecular weight is 214 g/mol. The standard InChI is InChI=1S/C13H10OS/c14-13-9-4-3-5-10(8-9)15-12-7-2-1-6-11(12)13/h1-7,10H,8H2. The zero-order valence-electron chi connectivity index (χ0n) is 8.14. The van der Waals surface area contributed by atoms with Crippen molar-refractivity contribution in [1.82, 2.24) is 0 Å².